The van der Waals surface area contributed by atoms with Crippen molar-refractivity contribution in [3.63, 3.8) is 0 Å². The zero-order valence-corrected chi connectivity index (χ0v) is 12.4. The van der Waals surface area contributed by atoms with Crippen LogP contribution in [0.2, 0.25) is 0 Å². The second-order valence-electron chi connectivity index (χ2n) is 5.98. The van der Waals surface area contributed by atoms with Crippen molar-refractivity contribution >= 4 is 16.7 Å². The molecule has 1 saturated carbocycles. The normalized spacial score (nSPS) is 22.1. The van der Waals surface area contributed by atoms with Gasteiger partial charge in [-0.2, -0.15) is 0 Å². The molecule has 3 rings (SSSR count). The van der Waals surface area contributed by atoms with Gasteiger partial charge in [-0.25, -0.2) is 0 Å². The second kappa shape index (κ2) is 6.25. The van der Waals surface area contributed by atoms with E-state index in [1.807, 2.05) is 30.3 Å². The number of aromatic nitrogens is 1. The van der Waals surface area contributed by atoms with E-state index in [0.29, 0.717) is 18.3 Å². The van der Waals surface area contributed by atoms with Crippen LogP contribution >= 0.6 is 0 Å². The lowest BCUT2D eigenvalue weighted by Crippen LogP contribution is -2.25. The minimum absolute atomic E-state index is 0.238. The maximum atomic E-state index is 11.5. The Morgan fingerprint density at radius 1 is 1.29 bits per heavy atom. The number of pyridine rings is 1. The van der Waals surface area contributed by atoms with Crippen LogP contribution in [0.1, 0.15) is 32.6 Å². The predicted molar refractivity (Wildman–Crippen MR) is 83.4 cm³/mol. The summed E-state index contributed by atoms with van der Waals surface area (Å²) in [5, 5.41) is 1.05. The molecule has 1 aliphatic rings. The van der Waals surface area contributed by atoms with Crippen LogP contribution < -0.4 is 4.74 Å². The summed E-state index contributed by atoms with van der Waals surface area (Å²) < 4.78 is 6.04. The number of rotatable bonds is 4. The third-order valence-corrected chi connectivity index (χ3v) is 4.44. The largest absolute Gasteiger partial charge is 0.493 e. The Labute approximate surface area is 125 Å². The highest BCUT2D eigenvalue weighted by molar-refractivity contribution is 5.84. The molecular weight excluding hydrogens is 262 g/mol. The van der Waals surface area contributed by atoms with Gasteiger partial charge in [0.25, 0.3) is 0 Å². The zero-order chi connectivity index (χ0) is 14.7. The van der Waals surface area contributed by atoms with Crippen LogP contribution in [0.3, 0.4) is 0 Å². The Balaban J connectivity index is 1.68. The molecule has 2 unspecified atom stereocenters. The fourth-order valence-corrected chi connectivity index (χ4v) is 3.21. The molecule has 21 heavy (non-hydrogen) atoms. The van der Waals surface area contributed by atoms with Crippen LogP contribution in [0, 0.1) is 11.8 Å². The number of Topliss-reactive ketones (excluding diaryl/α,β-unsaturated/α-hetero) is 1. The molecule has 0 N–H and O–H groups in total. The van der Waals surface area contributed by atoms with Gasteiger partial charge in [-0.15, -0.1) is 0 Å². The van der Waals surface area contributed by atoms with Crippen LogP contribution in [-0.2, 0) is 4.79 Å². The standard InChI is InChI=1S/C18H21NO2/c1-13(20)15-6-4-5-14(11-15)12-21-18-9-10-19-17-8-3-2-7-16(17)18/h2-3,7-10,14-15H,4-6,11-12H2,1H3. The molecule has 0 aliphatic heterocycles. The van der Waals surface area contributed by atoms with E-state index in [-0.39, 0.29) is 5.92 Å². The summed E-state index contributed by atoms with van der Waals surface area (Å²) in [7, 11) is 0. The third kappa shape index (κ3) is 3.23. The lowest BCUT2D eigenvalue weighted by Gasteiger charge is -2.27. The molecule has 3 nitrogen and oxygen atoms in total. The van der Waals surface area contributed by atoms with Gasteiger partial charge in [-0.1, -0.05) is 18.6 Å². The van der Waals surface area contributed by atoms with Crippen molar-refractivity contribution in [3.05, 3.63) is 36.5 Å². The lowest BCUT2D eigenvalue weighted by atomic mass is 9.80. The molecule has 0 spiro atoms. The molecule has 1 aliphatic carbocycles. The van der Waals surface area contributed by atoms with E-state index in [2.05, 4.69) is 4.98 Å². The maximum Gasteiger partial charge on any atom is 0.132 e. The van der Waals surface area contributed by atoms with Crippen molar-refractivity contribution in [2.24, 2.45) is 11.8 Å². The monoisotopic (exact) mass is 283 g/mol. The summed E-state index contributed by atoms with van der Waals surface area (Å²) in [5.41, 5.74) is 0.959. The van der Waals surface area contributed by atoms with Crippen LogP contribution in [0.15, 0.2) is 36.5 Å². The Morgan fingerprint density at radius 2 is 2.14 bits per heavy atom. The summed E-state index contributed by atoms with van der Waals surface area (Å²) in [6.07, 6.45) is 6.10. The van der Waals surface area contributed by atoms with Crippen molar-refractivity contribution < 1.29 is 9.53 Å². The summed E-state index contributed by atoms with van der Waals surface area (Å²) in [4.78, 5) is 15.9. The fourth-order valence-electron chi connectivity index (χ4n) is 3.21. The van der Waals surface area contributed by atoms with Gasteiger partial charge in [0.1, 0.15) is 11.5 Å². The van der Waals surface area contributed by atoms with E-state index in [1.54, 1.807) is 13.1 Å². The van der Waals surface area contributed by atoms with Gasteiger partial charge in [0.05, 0.1) is 12.1 Å². The van der Waals surface area contributed by atoms with Crippen LogP contribution in [-0.4, -0.2) is 17.4 Å². The summed E-state index contributed by atoms with van der Waals surface area (Å²) in [6, 6.07) is 9.94. The van der Waals surface area contributed by atoms with E-state index >= 15 is 0 Å². The second-order valence-corrected chi connectivity index (χ2v) is 5.98. The minimum Gasteiger partial charge on any atom is -0.493 e. The van der Waals surface area contributed by atoms with Gasteiger partial charge in [-0.05, 0) is 50.3 Å². The quantitative estimate of drug-likeness (QED) is 0.851. The van der Waals surface area contributed by atoms with Crippen molar-refractivity contribution in [1.29, 1.82) is 0 Å². The van der Waals surface area contributed by atoms with Crippen LogP contribution in [0.5, 0.6) is 5.75 Å². The van der Waals surface area contributed by atoms with Crippen LogP contribution in [0.4, 0.5) is 0 Å². The highest BCUT2D eigenvalue weighted by Gasteiger charge is 2.25. The number of hydrogen-bond donors (Lipinski definition) is 0. The molecule has 3 heteroatoms. The molecule has 2 atom stereocenters. The highest BCUT2D eigenvalue weighted by atomic mass is 16.5. The molecule has 1 fully saturated rings. The van der Waals surface area contributed by atoms with Crippen LogP contribution in [0.25, 0.3) is 10.9 Å². The number of para-hydroxylation sites is 1. The summed E-state index contributed by atoms with van der Waals surface area (Å²) >= 11 is 0. The SMILES string of the molecule is CC(=O)C1CCCC(COc2ccnc3ccccc23)C1. The van der Waals surface area contributed by atoms with Gasteiger partial charge >= 0.3 is 0 Å². The first-order chi connectivity index (χ1) is 10.2. The van der Waals surface area contributed by atoms with Crippen molar-refractivity contribution in [1.82, 2.24) is 4.98 Å². The number of carbonyl (C=O) groups excluding carboxylic acids is 1. The molecule has 0 saturated heterocycles. The Kier molecular flexibility index (Phi) is 4.18. The lowest BCUT2D eigenvalue weighted by molar-refractivity contribution is -0.122. The number of hydrogen-bond acceptors (Lipinski definition) is 3. The van der Waals surface area contributed by atoms with Gasteiger partial charge < -0.3 is 4.74 Å². The zero-order valence-electron chi connectivity index (χ0n) is 12.4. The average molecular weight is 283 g/mol. The summed E-state index contributed by atoms with van der Waals surface area (Å²) in [5.74, 6) is 1.95. The topological polar surface area (TPSA) is 39.2 Å². The average Bonchev–Trinajstić information content (AvgIpc) is 2.53. The molecule has 0 radical (unpaired) electrons. The Hall–Kier alpha value is -1.90. The minimum atomic E-state index is 0.238. The van der Waals surface area contributed by atoms with Crippen molar-refractivity contribution in [2.75, 3.05) is 6.61 Å². The first-order valence-electron chi connectivity index (χ1n) is 7.71. The van der Waals surface area contributed by atoms with Crippen molar-refractivity contribution in [3.8, 4) is 5.75 Å². The maximum absolute atomic E-state index is 11.5. The first-order valence-corrected chi connectivity index (χ1v) is 7.71. The van der Waals surface area contributed by atoms with E-state index in [9.17, 15) is 4.79 Å². The van der Waals surface area contributed by atoms with E-state index in [4.69, 9.17) is 4.74 Å². The summed E-state index contributed by atoms with van der Waals surface area (Å²) in [6.45, 7) is 2.40. The predicted octanol–water partition coefficient (Wildman–Crippen LogP) is 4.01. The number of ether oxygens (including phenoxy) is 1. The third-order valence-electron chi connectivity index (χ3n) is 4.44. The molecule has 0 amide bonds. The molecule has 1 heterocycles. The van der Waals surface area contributed by atoms with Gasteiger partial charge in [-0.3, -0.25) is 9.78 Å². The Morgan fingerprint density at radius 3 is 3.00 bits per heavy atom. The molecular formula is C18H21NO2. The van der Waals surface area contributed by atoms with E-state index in [1.165, 1.54) is 0 Å². The van der Waals surface area contributed by atoms with Crippen molar-refractivity contribution in [2.45, 2.75) is 32.6 Å². The van der Waals surface area contributed by atoms with Gasteiger partial charge in [0, 0.05) is 17.5 Å². The van der Waals surface area contributed by atoms with E-state index in [0.717, 1.165) is 42.3 Å². The molecule has 1 aromatic heterocycles. The molecule has 2 aromatic rings. The number of ketones is 1. The molecule has 110 valence electrons. The molecule has 0 bridgehead atoms. The number of nitrogens with zero attached hydrogens (tertiary/aromatic N) is 1. The van der Waals surface area contributed by atoms with E-state index < -0.39 is 0 Å². The number of benzene rings is 1. The smallest absolute Gasteiger partial charge is 0.132 e. The fraction of sp³-hybridized carbons (Fsp3) is 0.444. The first kappa shape index (κ1) is 14.1. The molecule has 1 aromatic carbocycles. The Bertz CT molecular complexity index is 633. The number of fused-ring (bicyclic) bond motifs is 1. The van der Waals surface area contributed by atoms with Gasteiger partial charge in [0.15, 0.2) is 0 Å². The number of carbonyl (C=O) groups is 1. The van der Waals surface area contributed by atoms with Gasteiger partial charge in [0.2, 0.25) is 0 Å². The highest BCUT2D eigenvalue weighted by Crippen LogP contribution is 2.31.